The maximum absolute atomic E-state index is 13.7. The fourth-order valence-electron chi connectivity index (χ4n) is 3.99. The highest BCUT2D eigenvalue weighted by atomic mass is 32.2. The van der Waals surface area contributed by atoms with E-state index in [4.69, 9.17) is 4.98 Å². The maximum atomic E-state index is 13.7. The average molecular weight is 517 g/mol. The molecule has 0 atom stereocenters. The summed E-state index contributed by atoms with van der Waals surface area (Å²) in [6, 6.07) is 10.4. The van der Waals surface area contributed by atoms with Crippen molar-refractivity contribution in [3.05, 3.63) is 53.1 Å². The zero-order valence-corrected chi connectivity index (χ0v) is 23.2. The Morgan fingerprint density at radius 3 is 2.06 bits per heavy atom. The zero-order valence-electron chi connectivity index (χ0n) is 21.5. The number of aryl methyl sites for hydroxylation is 2. The Bertz CT molecular complexity index is 1220. The summed E-state index contributed by atoms with van der Waals surface area (Å²) in [6.45, 7) is 15.8. The third kappa shape index (κ3) is 5.91. The van der Waals surface area contributed by atoms with E-state index in [0.717, 1.165) is 29.9 Å². The number of nitrogens with zero attached hydrogens (tertiary/aromatic N) is 4. The Morgan fingerprint density at radius 2 is 1.49 bits per heavy atom. The zero-order chi connectivity index (χ0) is 25.8. The van der Waals surface area contributed by atoms with Gasteiger partial charge in [-0.15, -0.1) is 0 Å². The highest BCUT2D eigenvalue weighted by Crippen LogP contribution is 2.31. The lowest BCUT2D eigenvalue weighted by Crippen LogP contribution is -2.39. The molecular formula is C26H36N4O3S2. The topological polar surface area (TPSA) is 73.8 Å². The van der Waals surface area contributed by atoms with Gasteiger partial charge in [0.05, 0.1) is 15.1 Å². The number of amides is 1. The summed E-state index contributed by atoms with van der Waals surface area (Å²) >= 11 is 1.51. The first-order chi connectivity index (χ1) is 16.7. The molecule has 9 heteroatoms. The van der Waals surface area contributed by atoms with Gasteiger partial charge in [0.15, 0.2) is 5.13 Å². The molecule has 0 aliphatic carbocycles. The predicted octanol–water partition coefficient (Wildman–Crippen LogP) is 4.93. The van der Waals surface area contributed by atoms with E-state index in [1.165, 1.54) is 38.9 Å². The van der Waals surface area contributed by atoms with Gasteiger partial charge in [0.2, 0.25) is 10.0 Å². The van der Waals surface area contributed by atoms with Crippen LogP contribution in [0.1, 0.15) is 49.2 Å². The molecule has 0 unspecified atom stereocenters. The van der Waals surface area contributed by atoms with Crippen LogP contribution in [0.15, 0.2) is 41.3 Å². The third-order valence-electron chi connectivity index (χ3n) is 6.45. The van der Waals surface area contributed by atoms with Crippen molar-refractivity contribution in [1.29, 1.82) is 0 Å². The van der Waals surface area contributed by atoms with Gasteiger partial charge in [-0.05, 0) is 74.5 Å². The fraction of sp³-hybridized carbons (Fsp3) is 0.462. The Balaban J connectivity index is 1.96. The summed E-state index contributed by atoms with van der Waals surface area (Å²) in [6.07, 6.45) is 0. The van der Waals surface area contributed by atoms with E-state index in [1.807, 2.05) is 13.8 Å². The van der Waals surface area contributed by atoms with E-state index in [2.05, 4.69) is 44.7 Å². The highest BCUT2D eigenvalue weighted by Gasteiger charge is 2.25. The van der Waals surface area contributed by atoms with Gasteiger partial charge in [0.25, 0.3) is 5.91 Å². The van der Waals surface area contributed by atoms with Crippen LogP contribution < -0.4 is 4.90 Å². The second kappa shape index (κ2) is 11.6. The van der Waals surface area contributed by atoms with E-state index in [9.17, 15) is 13.2 Å². The summed E-state index contributed by atoms with van der Waals surface area (Å²) in [5, 5.41) is 0.655. The smallest absolute Gasteiger partial charge is 0.260 e. The van der Waals surface area contributed by atoms with Gasteiger partial charge >= 0.3 is 0 Å². The quantitative estimate of drug-likeness (QED) is 0.361. The van der Waals surface area contributed by atoms with Gasteiger partial charge in [-0.2, -0.15) is 4.31 Å². The normalized spacial score (nSPS) is 12.1. The Morgan fingerprint density at radius 1 is 0.886 bits per heavy atom. The van der Waals surface area contributed by atoms with Crippen molar-refractivity contribution in [2.75, 3.05) is 44.2 Å². The molecule has 7 nitrogen and oxygen atoms in total. The second-order valence-electron chi connectivity index (χ2n) is 8.50. The van der Waals surface area contributed by atoms with Crippen LogP contribution in [0.3, 0.4) is 0 Å². The molecule has 1 amide bonds. The molecule has 1 heterocycles. The van der Waals surface area contributed by atoms with Gasteiger partial charge in [0, 0.05) is 31.7 Å². The number of hydrogen-bond acceptors (Lipinski definition) is 6. The van der Waals surface area contributed by atoms with E-state index in [-0.39, 0.29) is 10.8 Å². The van der Waals surface area contributed by atoms with Crippen LogP contribution in [-0.2, 0) is 10.0 Å². The fourth-order valence-corrected chi connectivity index (χ4v) is 6.51. The van der Waals surface area contributed by atoms with Crippen LogP contribution in [-0.4, -0.2) is 67.8 Å². The average Bonchev–Trinajstić information content (AvgIpc) is 3.24. The summed E-state index contributed by atoms with van der Waals surface area (Å²) in [5.41, 5.74) is 3.68. The summed E-state index contributed by atoms with van der Waals surface area (Å²) < 4.78 is 28.1. The molecule has 0 radical (unpaired) electrons. The molecule has 35 heavy (non-hydrogen) atoms. The van der Waals surface area contributed by atoms with Gasteiger partial charge in [-0.3, -0.25) is 9.69 Å². The standard InChI is InChI=1S/C26H36N4O3S2/c1-7-28(8-2)15-16-30(26-27-23-17-19(5)20(6)18-24(23)34-26)25(31)21-11-13-22(14-12-21)35(32,33)29(9-3)10-4/h11-14,17-18H,7-10,15-16H2,1-6H3. The Labute approximate surface area is 213 Å². The molecule has 3 aromatic rings. The van der Waals surface area contributed by atoms with Crippen molar-refractivity contribution in [3.8, 4) is 0 Å². The van der Waals surface area contributed by atoms with E-state index in [0.29, 0.717) is 30.3 Å². The van der Waals surface area contributed by atoms with Crippen molar-refractivity contribution < 1.29 is 13.2 Å². The molecule has 0 fully saturated rings. The van der Waals surface area contributed by atoms with Crippen molar-refractivity contribution >= 4 is 42.6 Å². The van der Waals surface area contributed by atoms with E-state index < -0.39 is 10.0 Å². The number of thiazole rings is 1. The van der Waals surface area contributed by atoms with Crippen molar-refractivity contribution in [2.24, 2.45) is 0 Å². The number of rotatable bonds is 11. The van der Waals surface area contributed by atoms with Crippen molar-refractivity contribution in [1.82, 2.24) is 14.2 Å². The van der Waals surface area contributed by atoms with Gasteiger partial charge in [-0.1, -0.05) is 39.0 Å². The lowest BCUT2D eigenvalue weighted by molar-refractivity contribution is 0.0983. The number of fused-ring (bicyclic) bond motifs is 1. The lowest BCUT2D eigenvalue weighted by atomic mass is 10.1. The molecule has 3 rings (SSSR count). The van der Waals surface area contributed by atoms with Crippen molar-refractivity contribution in [2.45, 2.75) is 46.4 Å². The first-order valence-corrected chi connectivity index (χ1v) is 14.4. The second-order valence-corrected chi connectivity index (χ2v) is 11.4. The van der Waals surface area contributed by atoms with Crippen LogP contribution in [0.5, 0.6) is 0 Å². The molecule has 0 aliphatic rings. The van der Waals surface area contributed by atoms with Gasteiger partial charge in [0.1, 0.15) is 0 Å². The molecule has 0 aliphatic heterocycles. The maximum Gasteiger partial charge on any atom is 0.260 e. The minimum atomic E-state index is -3.58. The number of carbonyl (C=O) groups excluding carboxylic acids is 1. The molecule has 0 bridgehead atoms. The van der Waals surface area contributed by atoms with Crippen LogP contribution in [0, 0.1) is 13.8 Å². The monoisotopic (exact) mass is 516 g/mol. The SMILES string of the molecule is CCN(CC)CCN(C(=O)c1ccc(S(=O)(=O)N(CC)CC)cc1)c1nc2cc(C)c(C)cc2s1. The van der Waals surface area contributed by atoms with Crippen molar-refractivity contribution in [3.63, 3.8) is 0 Å². The van der Waals surface area contributed by atoms with E-state index >= 15 is 0 Å². The van der Waals surface area contributed by atoms with Gasteiger partial charge < -0.3 is 4.90 Å². The number of likely N-dealkylation sites (N-methyl/N-ethyl adjacent to an activating group) is 1. The number of carbonyl (C=O) groups is 1. The summed E-state index contributed by atoms with van der Waals surface area (Å²) in [4.78, 5) is 22.6. The number of anilines is 1. The number of aromatic nitrogens is 1. The number of sulfonamides is 1. The summed E-state index contributed by atoms with van der Waals surface area (Å²) in [5.74, 6) is -0.184. The van der Waals surface area contributed by atoms with E-state index in [1.54, 1.807) is 17.0 Å². The van der Waals surface area contributed by atoms with Crippen LogP contribution in [0.2, 0.25) is 0 Å². The van der Waals surface area contributed by atoms with Crippen LogP contribution in [0.4, 0.5) is 5.13 Å². The Hall–Kier alpha value is -2.33. The molecule has 190 valence electrons. The predicted molar refractivity (Wildman–Crippen MR) is 145 cm³/mol. The molecular weight excluding hydrogens is 480 g/mol. The number of benzene rings is 2. The van der Waals surface area contributed by atoms with Gasteiger partial charge in [-0.25, -0.2) is 13.4 Å². The molecule has 1 aromatic heterocycles. The minimum Gasteiger partial charge on any atom is -0.302 e. The lowest BCUT2D eigenvalue weighted by Gasteiger charge is -2.25. The first kappa shape index (κ1) is 27.3. The molecule has 2 aromatic carbocycles. The third-order valence-corrected chi connectivity index (χ3v) is 9.55. The molecule has 0 spiro atoms. The van der Waals surface area contributed by atoms with Crippen LogP contribution in [0.25, 0.3) is 10.2 Å². The Kier molecular flexibility index (Phi) is 9.04. The van der Waals surface area contributed by atoms with Crippen LogP contribution >= 0.6 is 11.3 Å². The molecule has 0 saturated heterocycles. The first-order valence-electron chi connectivity index (χ1n) is 12.2. The molecule has 0 N–H and O–H groups in total. The minimum absolute atomic E-state index is 0.184. The highest BCUT2D eigenvalue weighted by molar-refractivity contribution is 7.89. The largest absolute Gasteiger partial charge is 0.302 e. The molecule has 0 saturated carbocycles. The summed E-state index contributed by atoms with van der Waals surface area (Å²) in [7, 11) is -3.58. The number of hydrogen-bond donors (Lipinski definition) is 0.